The van der Waals surface area contributed by atoms with Crippen LogP contribution in [-0.2, 0) is 6.42 Å². The fourth-order valence-electron chi connectivity index (χ4n) is 4.92. The molecule has 180 valence electrons. The molecule has 2 nitrogen and oxygen atoms in total. The van der Waals surface area contributed by atoms with Gasteiger partial charge in [-0.25, -0.2) is 13.2 Å². The minimum atomic E-state index is -0.947. The first-order chi connectivity index (χ1) is 16.4. The molecule has 0 unspecified atom stereocenters. The molecule has 0 bridgehead atoms. The summed E-state index contributed by atoms with van der Waals surface area (Å²) in [6.07, 6.45) is 4.32. The van der Waals surface area contributed by atoms with Crippen molar-refractivity contribution in [2.24, 2.45) is 5.92 Å². The highest BCUT2D eigenvalue weighted by atomic mass is 19.2. The van der Waals surface area contributed by atoms with Crippen LogP contribution in [0.25, 0.3) is 11.1 Å². The Balaban J connectivity index is 1.36. The van der Waals surface area contributed by atoms with Crippen LogP contribution in [0.15, 0.2) is 48.5 Å². The molecule has 0 aromatic heterocycles. The van der Waals surface area contributed by atoms with Crippen molar-refractivity contribution in [2.75, 3.05) is 14.2 Å². The van der Waals surface area contributed by atoms with Gasteiger partial charge in [0.1, 0.15) is 5.75 Å². The molecule has 1 saturated carbocycles. The lowest BCUT2D eigenvalue weighted by atomic mass is 9.76. The van der Waals surface area contributed by atoms with Crippen LogP contribution in [0.3, 0.4) is 0 Å². The van der Waals surface area contributed by atoms with Gasteiger partial charge in [0.15, 0.2) is 23.2 Å². The van der Waals surface area contributed by atoms with Crippen molar-refractivity contribution in [3.8, 4) is 22.6 Å². The largest absolute Gasteiger partial charge is 0.497 e. The van der Waals surface area contributed by atoms with Gasteiger partial charge in [-0.15, -0.1) is 0 Å². The van der Waals surface area contributed by atoms with E-state index in [2.05, 4.69) is 0 Å². The molecular weight excluding hydrogens is 444 g/mol. The van der Waals surface area contributed by atoms with Crippen LogP contribution >= 0.6 is 0 Å². The van der Waals surface area contributed by atoms with Gasteiger partial charge in [-0.1, -0.05) is 30.3 Å². The molecule has 0 atom stereocenters. The molecule has 4 rings (SSSR count). The van der Waals surface area contributed by atoms with E-state index < -0.39 is 23.3 Å². The highest BCUT2D eigenvalue weighted by Gasteiger charge is 2.27. The van der Waals surface area contributed by atoms with Crippen molar-refractivity contribution in [3.63, 3.8) is 0 Å². The standard InChI is InChI=1S/C28H28F4O2/c1-33-21-12-9-19(10-13-21)22-14-11-20(25(29)26(22)30)8-5-17-3-6-18(7-4-17)23-15-16-24(34-2)28(32)27(23)31/h9-18H,3-8H2,1-2H3. The number of rotatable bonds is 7. The lowest BCUT2D eigenvalue weighted by Gasteiger charge is -2.29. The Morgan fingerprint density at radius 3 is 2.06 bits per heavy atom. The number of benzene rings is 3. The molecule has 1 fully saturated rings. The summed E-state index contributed by atoms with van der Waals surface area (Å²) in [4.78, 5) is 0. The second kappa shape index (κ2) is 10.5. The number of halogens is 4. The quantitative estimate of drug-likeness (QED) is 0.326. The van der Waals surface area contributed by atoms with Crippen molar-refractivity contribution >= 4 is 0 Å². The molecule has 3 aromatic carbocycles. The van der Waals surface area contributed by atoms with Crippen molar-refractivity contribution in [1.82, 2.24) is 0 Å². The maximum Gasteiger partial charge on any atom is 0.200 e. The second-order valence-electron chi connectivity index (χ2n) is 8.87. The Labute approximate surface area is 197 Å². The second-order valence-corrected chi connectivity index (χ2v) is 8.87. The van der Waals surface area contributed by atoms with Crippen molar-refractivity contribution in [2.45, 2.75) is 44.4 Å². The summed E-state index contributed by atoms with van der Waals surface area (Å²) < 4.78 is 68.0. The lowest BCUT2D eigenvalue weighted by molar-refractivity contribution is 0.302. The summed E-state index contributed by atoms with van der Waals surface area (Å²) in [7, 11) is 2.86. The van der Waals surface area contributed by atoms with Crippen LogP contribution in [0.5, 0.6) is 11.5 Å². The normalized spacial score (nSPS) is 18.1. The van der Waals surface area contributed by atoms with E-state index in [0.717, 1.165) is 32.1 Å². The van der Waals surface area contributed by atoms with Crippen molar-refractivity contribution in [3.05, 3.63) is 82.9 Å². The zero-order chi connectivity index (χ0) is 24.2. The first-order valence-electron chi connectivity index (χ1n) is 11.6. The Bertz CT molecular complexity index is 1140. The summed E-state index contributed by atoms with van der Waals surface area (Å²) in [5, 5.41) is 0. The summed E-state index contributed by atoms with van der Waals surface area (Å²) in [6, 6.07) is 13.2. The summed E-state index contributed by atoms with van der Waals surface area (Å²) in [6.45, 7) is 0. The first-order valence-corrected chi connectivity index (χ1v) is 11.6. The molecule has 3 aromatic rings. The van der Waals surface area contributed by atoms with Gasteiger partial charge < -0.3 is 9.47 Å². The van der Waals surface area contributed by atoms with E-state index in [0.29, 0.717) is 34.8 Å². The van der Waals surface area contributed by atoms with Gasteiger partial charge >= 0.3 is 0 Å². The first kappa shape index (κ1) is 24.1. The van der Waals surface area contributed by atoms with Gasteiger partial charge in [-0.05, 0) is 85.3 Å². The summed E-state index contributed by atoms with van der Waals surface area (Å²) in [5.41, 5.74) is 1.56. The van der Waals surface area contributed by atoms with E-state index >= 15 is 0 Å². The molecule has 1 aliphatic rings. The monoisotopic (exact) mass is 472 g/mol. The van der Waals surface area contributed by atoms with E-state index in [-0.39, 0.29) is 17.2 Å². The Kier molecular flexibility index (Phi) is 7.44. The highest BCUT2D eigenvalue weighted by molar-refractivity contribution is 5.65. The molecule has 0 radical (unpaired) electrons. The van der Waals surface area contributed by atoms with Gasteiger partial charge in [0, 0.05) is 5.56 Å². The van der Waals surface area contributed by atoms with Gasteiger partial charge in [0.25, 0.3) is 0 Å². The number of hydrogen-bond acceptors (Lipinski definition) is 2. The van der Waals surface area contributed by atoms with Gasteiger partial charge in [0.05, 0.1) is 14.2 Å². The van der Waals surface area contributed by atoms with Gasteiger partial charge in [-0.2, -0.15) is 4.39 Å². The van der Waals surface area contributed by atoms with Crippen LogP contribution in [0.4, 0.5) is 17.6 Å². The van der Waals surface area contributed by atoms with Crippen LogP contribution in [-0.4, -0.2) is 14.2 Å². The summed E-state index contributed by atoms with van der Waals surface area (Å²) in [5.74, 6) is -2.59. The SMILES string of the molecule is COc1ccc(-c2ccc(CCC3CCC(c4ccc(OC)c(F)c4F)CC3)c(F)c2F)cc1. The minimum Gasteiger partial charge on any atom is -0.497 e. The Morgan fingerprint density at radius 2 is 1.41 bits per heavy atom. The maximum atomic E-state index is 14.8. The van der Waals surface area contributed by atoms with Crippen molar-refractivity contribution in [1.29, 1.82) is 0 Å². The molecule has 0 amide bonds. The molecule has 0 heterocycles. The van der Waals surface area contributed by atoms with Crippen LogP contribution in [0.1, 0.15) is 49.1 Å². The number of methoxy groups -OCH3 is 2. The zero-order valence-electron chi connectivity index (χ0n) is 19.3. The highest BCUT2D eigenvalue weighted by Crippen LogP contribution is 2.40. The fraction of sp³-hybridized carbons (Fsp3) is 0.357. The Morgan fingerprint density at radius 1 is 0.706 bits per heavy atom. The average molecular weight is 473 g/mol. The van der Waals surface area contributed by atoms with Crippen LogP contribution < -0.4 is 9.47 Å². The third kappa shape index (κ3) is 4.91. The molecule has 34 heavy (non-hydrogen) atoms. The minimum absolute atomic E-state index is 0.0467. The predicted octanol–water partition coefficient (Wildman–Crippen LogP) is 7.83. The van der Waals surface area contributed by atoms with E-state index in [9.17, 15) is 17.6 Å². The molecule has 6 heteroatoms. The van der Waals surface area contributed by atoms with Crippen LogP contribution in [0.2, 0.25) is 0 Å². The molecule has 0 spiro atoms. The van der Waals surface area contributed by atoms with Crippen molar-refractivity contribution < 1.29 is 27.0 Å². The molecule has 1 aliphatic carbocycles. The number of hydrogen-bond donors (Lipinski definition) is 0. The van der Waals surface area contributed by atoms with E-state index in [1.54, 1.807) is 49.6 Å². The number of aryl methyl sites for hydroxylation is 1. The molecular formula is C28H28F4O2. The fourth-order valence-corrected chi connectivity index (χ4v) is 4.92. The predicted molar refractivity (Wildman–Crippen MR) is 124 cm³/mol. The molecule has 0 aliphatic heterocycles. The topological polar surface area (TPSA) is 18.5 Å². The summed E-state index contributed by atoms with van der Waals surface area (Å²) >= 11 is 0. The number of ether oxygens (including phenoxy) is 2. The van der Waals surface area contributed by atoms with Gasteiger partial charge in [0.2, 0.25) is 5.82 Å². The average Bonchev–Trinajstić information content (AvgIpc) is 2.87. The Hall–Kier alpha value is -3.02. The molecule has 0 N–H and O–H groups in total. The van der Waals surface area contributed by atoms with Crippen LogP contribution in [0, 0.1) is 29.2 Å². The zero-order valence-corrected chi connectivity index (χ0v) is 19.3. The van der Waals surface area contributed by atoms with Gasteiger partial charge in [-0.3, -0.25) is 0 Å². The smallest absolute Gasteiger partial charge is 0.200 e. The maximum absolute atomic E-state index is 14.8. The van der Waals surface area contributed by atoms with E-state index in [1.165, 1.54) is 13.2 Å². The van der Waals surface area contributed by atoms with E-state index in [1.807, 2.05) is 0 Å². The lowest BCUT2D eigenvalue weighted by Crippen LogP contribution is -2.16. The third-order valence-electron chi connectivity index (χ3n) is 6.97. The van der Waals surface area contributed by atoms with E-state index in [4.69, 9.17) is 9.47 Å². The molecule has 0 saturated heterocycles. The third-order valence-corrected chi connectivity index (χ3v) is 6.97.